The van der Waals surface area contributed by atoms with Crippen LogP contribution in [0.1, 0.15) is 0 Å². The van der Waals surface area contributed by atoms with Crippen molar-refractivity contribution < 1.29 is 20.1 Å². The molecule has 0 unspecified atom stereocenters. The second kappa shape index (κ2) is 5.42. The second-order valence-electron chi connectivity index (χ2n) is 5.67. The Hall–Kier alpha value is -2.28. The summed E-state index contributed by atoms with van der Waals surface area (Å²) in [5.41, 5.74) is 2.14. The fourth-order valence-electron chi connectivity index (χ4n) is 3.40. The average Bonchev–Trinajstić information content (AvgIpc) is 2.61. The molecule has 0 atom stereocenters. The normalized spacial score (nSPS) is 11.1. The summed E-state index contributed by atoms with van der Waals surface area (Å²) in [7, 11) is 0. The third-order valence-electron chi connectivity index (χ3n) is 4.41. The summed E-state index contributed by atoms with van der Waals surface area (Å²) in [6, 6.07) is 27.8. The standard InChI is InChI=1S/C21H13N.Ir/c1-6-12-20-14(7-1)13-19-17-10-3-2-8-15(17)16-9-4-5-11-18(16)21(19)22-20;/h1-13H;. The first-order valence-electron chi connectivity index (χ1n) is 7.51. The number of aromatic nitrogens is 1. The maximum absolute atomic E-state index is 4.96. The van der Waals surface area contributed by atoms with E-state index in [4.69, 9.17) is 4.98 Å². The van der Waals surface area contributed by atoms with Gasteiger partial charge in [0.05, 0.1) is 11.0 Å². The molecule has 0 aliphatic heterocycles. The zero-order valence-electron chi connectivity index (χ0n) is 12.3. The van der Waals surface area contributed by atoms with Crippen LogP contribution in [0.5, 0.6) is 0 Å². The molecule has 0 N–H and O–H groups in total. The van der Waals surface area contributed by atoms with Crippen molar-refractivity contribution in [1.29, 1.82) is 0 Å². The van der Waals surface area contributed by atoms with Crippen LogP contribution in [0, 0.1) is 0 Å². The van der Waals surface area contributed by atoms with E-state index >= 15 is 0 Å². The van der Waals surface area contributed by atoms with E-state index in [0.717, 1.165) is 11.0 Å². The Morgan fingerprint density at radius 1 is 0.522 bits per heavy atom. The monoisotopic (exact) mass is 472 g/mol. The molecule has 1 radical (unpaired) electrons. The topological polar surface area (TPSA) is 12.9 Å². The van der Waals surface area contributed by atoms with Crippen molar-refractivity contribution in [3.63, 3.8) is 0 Å². The first kappa shape index (κ1) is 14.3. The van der Waals surface area contributed by atoms with Gasteiger partial charge in [0.2, 0.25) is 0 Å². The Morgan fingerprint density at radius 2 is 1.04 bits per heavy atom. The molecule has 1 heterocycles. The van der Waals surface area contributed by atoms with Gasteiger partial charge in [-0.15, -0.1) is 0 Å². The number of hydrogen-bond acceptors (Lipinski definition) is 1. The molecule has 0 spiro atoms. The van der Waals surface area contributed by atoms with Gasteiger partial charge in [-0.2, -0.15) is 0 Å². The predicted octanol–water partition coefficient (Wildman–Crippen LogP) is 5.69. The fraction of sp³-hybridized carbons (Fsp3) is 0. The van der Waals surface area contributed by atoms with Gasteiger partial charge in [0.25, 0.3) is 0 Å². The molecule has 4 aromatic carbocycles. The Bertz CT molecular complexity index is 1080. The van der Waals surface area contributed by atoms with Gasteiger partial charge in [-0.05, 0) is 28.3 Å². The van der Waals surface area contributed by atoms with Crippen molar-refractivity contribution in [1.82, 2.24) is 4.98 Å². The number of hydrogen-bond donors (Lipinski definition) is 0. The van der Waals surface area contributed by atoms with E-state index in [-0.39, 0.29) is 20.1 Å². The first-order valence-corrected chi connectivity index (χ1v) is 7.51. The molecule has 5 rings (SSSR count). The van der Waals surface area contributed by atoms with E-state index in [1.54, 1.807) is 0 Å². The van der Waals surface area contributed by atoms with E-state index in [2.05, 4.69) is 72.8 Å². The molecule has 5 aromatic rings. The SMILES string of the molecule is [Ir].c1ccc2nc3c4ccccc4c4ccccc4c3cc2c1. The van der Waals surface area contributed by atoms with Gasteiger partial charge in [0, 0.05) is 36.3 Å². The minimum atomic E-state index is 0. The maximum atomic E-state index is 4.96. The van der Waals surface area contributed by atoms with Crippen LogP contribution < -0.4 is 0 Å². The molecule has 0 fully saturated rings. The number of rotatable bonds is 0. The van der Waals surface area contributed by atoms with Crippen LogP contribution in [-0.2, 0) is 20.1 Å². The van der Waals surface area contributed by atoms with E-state index in [1.165, 1.54) is 32.3 Å². The van der Waals surface area contributed by atoms with Crippen LogP contribution in [0.15, 0.2) is 78.9 Å². The van der Waals surface area contributed by atoms with Crippen molar-refractivity contribution in [2.24, 2.45) is 0 Å². The zero-order valence-corrected chi connectivity index (χ0v) is 14.7. The number of nitrogens with zero attached hydrogens (tertiary/aromatic N) is 1. The minimum absolute atomic E-state index is 0. The van der Waals surface area contributed by atoms with Gasteiger partial charge in [0.15, 0.2) is 0 Å². The molecule has 23 heavy (non-hydrogen) atoms. The van der Waals surface area contributed by atoms with Crippen LogP contribution >= 0.6 is 0 Å². The average molecular weight is 472 g/mol. The van der Waals surface area contributed by atoms with E-state index in [9.17, 15) is 0 Å². The second-order valence-corrected chi connectivity index (χ2v) is 5.67. The molecular formula is C21H13IrN. The Kier molecular flexibility index (Phi) is 3.37. The summed E-state index contributed by atoms with van der Waals surface area (Å²) < 4.78 is 0. The molecule has 0 aliphatic carbocycles. The van der Waals surface area contributed by atoms with Crippen molar-refractivity contribution in [2.45, 2.75) is 0 Å². The molecule has 0 saturated heterocycles. The minimum Gasteiger partial charge on any atom is -0.247 e. The fourth-order valence-corrected chi connectivity index (χ4v) is 3.40. The summed E-state index contributed by atoms with van der Waals surface area (Å²) in [5, 5.41) is 7.48. The number of fused-ring (bicyclic) bond motifs is 7. The Morgan fingerprint density at radius 3 is 1.78 bits per heavy atom. The molecule has 111 valence electrons. The smallest absolute Gasteiger partial charge is 0.0794 e. The summed E-state index contributed by atoms with van der Waals surface area (Å²) in [6.45, 7) is 0. The summed E-state index contributed by atoms with van der Waals surface area (Å²) >= 11 is 0. The van der Waals surface area contributed by atoms with Gasteiger partial charge >= 0.3 is 0 Å². The van der Waals surface area contributed by atoms with Gasteiger partial charge < -0.3 is 0 Å². The largest absolute Gasteiger partial charge is 0.247 e. The molecular weight excluding hydrogens is 458 g/mol. The number of benzene rings is 4. The molecule has 0 saturated carbocycles. The summed E-state index contributed by atoms with van der Waals surface area (Å²) in [5.74, 6) is 0. The van der Waals surface area contributed by atoms with E-state index in [0.29, 0.717) is 0 Å². The summed E-state index contributed by atoms with van der Waals surface area (Å²) in [6.07, 6.45) is 0. The van der Waals surface area contributed by atoms with Crippen LogP contribution in [0.2, 0.25) is 0 Å². The molecule has 0 amide bonds. The first-order chi connectivity index (χ1) is 10.9. The number of pyridine rings is 1. The molecule has 1 nitrogen and oxygen atoms in total. The molecule has 2 heteroatoms. The predicted molar refractivity (Wildman–Crippen MR) is 94.3 cm³/mol. The quantitative estimate of drug-likeness (QED) is 0.209. The molecule has 1 aromatic heterocycles. The van der Waals surface area contributed by atoms with Gasteiger partial charge in [-0.25, -0.2) is 4.98 Å². The van der Waals surface area contributed by atoms with Crippen molar-refractivity contribution in [2.75, 3.05) is 0 Å². The molecule has 0 aliphatic rings. The van der Waals surface area contributed by atoms with Gasteiger partial charge in [0.1, 0.15) is 0 Å². The van der Waals surface area contributed by atoms with Crippen LogP contribution in [0.4, 0.5) is 0 Å². The van der Waals surface area contributed by atoms with Crippen molar-refractivity contribution in [3.8, 4) is 0 Å². The van der Waals surface area contributed by atoms with E-state index < -0.39 is 0 Å². The van der Waals surface area contributed by atoms with E-state index in [1.807, 2.05) is 6.07 Å². The van der Waals surface area contributed by atoms with Crippen molar-refractivity contribution >= 4 is 43.4 Å². The third-order valence-corrected chi connectivity index (χ3v) is 4.41. The van der Waals surface area contributed by atoms with Crippen LogP contribution in [0.25, 0.3) is 43.4 Å². The zero-order chi connectivity index (χ0) is 14.5. The number of para-hydroxylation sites is 1. The summed E-state index contributed by atoms with van der Waals surface area (Å²) in [4.78, 5) is 4.96. The molecule has 0 bridgehead atoms. The maximum Gasteiger partial charge on any atom is 0.0794 e. The van der Waals surface area contributed by atoms with Crippen molar-refractivity contribution in [3.05, 3.63) is 78.9 Å². The van der Waals surface area contributed by atoms with Gasteiger partial charge in [-0.3, -0.25) is 0 Å². The Balaban J connectivity index is 0.00000135. The van der Waals surface area contributed by atoms with Crippen LogP contribution in [0.3, 0.4) is 0 Å². The third kappa shape index (κ3) is 2.07. The van der Waals surface area contributed by atoms with Crippen LogP contribution in [-0.4, -0.2) is 4.98 Å². The Labute approximate surface area is 147 Å². The van der Waals surface area contributed by atoms with Gasteiger partial charge in [-0.1, -0.05) is 66.7 Å².